The summed E-state index contributed by atoms with van der Waals surface area (Å²) in [6, 6.07) is 1.18. The second-order valence-corrected chi connectivity index (χ2v) is 3.88. The van der Waals surface area contributed by atoms with Gasteiger partial charge in [0.2, 0.25) is 0 Å². The van der Waals surface area contributed by atoms with Crippen molar-refractivity contribution in [2.75, 3.05) is 20.2 Å². The maximum absolute atomic E-state index is 5.31. The van der Waals surface area contributed by atoms with Crippen molar-refractivity contribution in [2.45, 2.75) is 39.3 Å². The smallest absolute Gasteiger partial charge is 0.0575 e. The summed E-state index contributed by atoms with van der Waals surface area (Å²) in [5.41, 5.74) is 0. The van der Waals surface area contributed by atoms with Gasteiger partial charge in [-0.05, 0) is 25.8 Å². The van der Waals surface area contributed by atoms with Crippen molar-refractivity contribution in [1.82, 2.24) is 10.4 Å². The van der Waals surface area contributed by atoms with Gasteiger partial charge in [0, 0.05) is 18.6 Å². The van der Waals surface area contributed by atoms with Crippen molar-refractivity contribution in [3.8, 4) is 0 Å². The van der Waals surface area contributed by atoms with Crippen molar-refractivity contribution in [3.05, 3.63) is 0 Å². The Labute approximate surface area is 81.4 Å². The number of hydroxylamine groups is 2. The van der Waals surface area contributed by atoms with Gasteiger partial charge in [-0.2, -0.15) is 5.06 Å². The highest BCUT2D eigenvalue weighted by atomic mass is 16.7. The van der Waals surface area contributed by atoms with E-state index >= 15 is 0 Å². The molecule has 0 aliphatic carbocycles. The maximum atomic E-state index is 5.31. The first-order valence-electron chi connectivity index (χ1n) is 5.24. The molecule has 0 aromatic carbocycles. The predicted molar refractivity (Wildman–Crippen MR) is 54.4 cm³/mol. The van der Waals surface area contributed by atoms with Crippen molar-refractivity contribution < 1.29 is 4.84 Å². The molecule has 0 spiro atoms. The van der Waals surface area contributed by atoms with Crippen LogP contribution >= 0.6 is 0 Å². The third-order valence-electron chi connectivity index (χ3n) is 3.21. The Morgan fingerprint density at radius 3 is 2.69 bits per heavy atom. The minimum atomic E-state index is 0.516. The van der Waals surface area contributed by atoms with Crippen LogP contribution in [0.3, 0.4) is 0 Å². The molecule has 1 aliphatic heterocycles. The van der Waals surface area contributed by atoms with Crippen LogP contribution < -0.4 is 5.32 Å². The summed E-state index contributed by atoms with van der Waals surface area (Å²) in [4.78, 5) is 5.31. The molecule has 78 valence electrons. The van der Waals surface area contributed by atoms with E-state index in [2.05, 4.69) is 31.2 Å². The van der Waals surface area contributed by atoms with Crippen molar-refractivity contribution in [2.24, 2.45) is 5.92 Å². The standard InChI is InChI=1S/C10H22N2O/c1-5-11-10-6-7-12(13-4)9(3)8(10)2/h8-11H,5-7H2,1-4H3. The summed E-state index contributed by atoms with van der Waals surface area (Å²) >= 11 is 0. The quantitative estimate of drug-likeness (QED) is 0.718. The van der Waals surface area contributed by atoms with Gasteiger partial charge in [-0.1, -0.05) is 13.8 Å². The second-order valence-electron chi connectivity index (χ2n) is 3.88. The molecule has 1 aliphatic rings. The molecule has 3 nitrogen and oxygen atoms in total. The first kappa shape index (κ1) is 11.0. The van der Waals surface area contributed by atoms with Crippen LogP contribution in [0, 0.1) is 5.92 Å². The minimum absolute atomic E-state index is 0.516. The van der Waals surface area contributed by atoms with Crippen LogP contribution in [0.4, 0.5) is 0 Å². The summed E-state index contributed by atoms with van der Waals surface area (Å²) in [6.07, 6.45) is 1.19. The van der Waals surface area contributed by atoms with Gasteiger partial charge in [-0.3, -0.25) is 0 Å². The van der Waals surface area contributed by atoms with Crippen LogP contribution in [0.5, 0.6) is 0 Å². The first-order valence-corrected chi connectivity index (χ1v) is 5.24. The summed E-state index contributed by atoms with van der Waals surface area (Å²) in [5.74, 6) is 0.661. The fourth-order valence-corrected chi connectivity index (χ4v) is 2.14. The fourth-order valence-electron chi connectivity index (χ4n) is 2.14. The SMILES string of the molecule is CCNC1CCN(OC)C(C)C1C. The molecule has 3 heteroatoms. The van der Waals surface area contributed by atoms with E-state index in [-0.39, 0.29) is 0 Å². The molecule has 0 saturated carbocycles. The molecule has 0 aromatic rings. The fraction of sp³-hybridized carbons (Fsp3) is 1.00. The van der Waals surface area contributed by atoms with Gasteiger partial charge in [-0.25, -0.2) is 0 Å². The van der Waals surface area contributed by atoms with Crippen molar-refractivity contribution in [1.29, 1.82) is 0 Å². The van der Waals surface area contributed by atoms with Gasteiger partial charge < -0.3 is 10.2 Å². The molecule has 1 rings (SSSR count). The number of nitrogens with zero attached hydrogens (tertiary/aromatic N) is 1. The van der Waals surface area contributed by atoms with Crippen molar-refractivity contribution in [3.63, 3.8) is 0 Å². The zero-order valence-electron chi connectivity index (χ0n) is 9.21. The third-order valence-corrected chi connectivity index (χ3v) is 3.21. The number of nitrogens with one attached hydrogen (secondary N) is 1. The largest absolute Gasteiger partial charge is 0.314 e. The zero-order valence-corrected chi connectivity index (χ0v) is 9.21. The van der Waals surface area contributed by atoms with E-state index in [1.165, 1.54) is 6.42 Å². The number of rotatable bonds is 3. The monoisotopic (exact) mass is 186 g/mol. The molecule has 1 N–H and O–H groups in total. The molecule has 13 heavy (non-hydrogen) atoms. The van der Waals surface area contributed by atoms with E-state index in [0.29, 0.717) is 18.0 Å². The second kappa shape index (κ2) is 4.94. The predicted octanol–water partition coefficient (Wildman–Crippen LogP) is 1.26. The normalized spacial score (nSPS) is 36.5. The van der Waals surface area contributed by atoms with E-state index in [0.717, 1.165) is 13.1 Å². The summed E-state index contributed by atoms with van der Waals surface area (Å²) in [6.45, 7) is 8.80. The molecule has 0 amide bonds. The lowest BCUT2D eigenvalue weighted by molar-refractivity contribution is -0.186. The van der Waals surface area contributed by atoms with E-state index in [1.807, 2.05) is 0 Å². The van der Waals surface area contributed by atoms with Crippen molar-refractivity contribution >= 4 is 0 Å². The molecule has 3 atom stereocenters. The molecule has 1 saturated heterocycles. The molecule has 1 fully saturated rings. The molecule has 3 unspecified atom stereocenters. The lowest BCUT2D eigenvalue weighted by Gasteiger charge is -2.41. The molecule has 1 heterocycles. The highest BCUT2D eigenvalue weighted by Gasteiger charge is 2.31. The number of hydrogen-bond donors (Lipinski definition) is 1. The van der Waals surface area contributed by atoms with Gasteiger partial charge in [0.15, 0.2) is 0 Å². The number of hydrogen-bond acceptors (Lipinski definition) is 3. The van der Waals surface area contributed by atoms with E-state index < -0.39 is 0 Å². The Hall–Kier alpha value is -0.120. The first-order chi connectivity index (χ1) is 6.20. The summed E-state index contributed by atoms with van der Waals surface area (Å²) in [7, 11) is 1.76. The van der Waals surface area contributed by atoms with Crippen LogP contribution in [-0.4, -0.2) is 37.3 Å². The van der Waals surface area contributed by atoms with Gasteiger partial charge in [0.25, 0.3) is 0 Å². The Morgan fingerprint density at radius 2 is 2.15 bits per heavy atom. The molecular weight excluding hydrogens is 164 g/mol. The lowest BCUT2D eigenvalue weighted by atomic mass is 9.88. The molecular formula is C10H22N2O. The Balaban J connectivity index is 2.48. The van der Waals surface area contributed by atoms with Gasteiger partial charge >= 0.3 is 0 Å². The highest BCUT2D eigenvalue weighted by molar-refractivity contribution is 4.85. The van der Waals surface area contributed by atoms with E-state index in [9.17, 15) is 0 Å². The van der Waals surface area contributed by atoms with Gasteiger partial charge in [0.1, 0.15) is 0 Å². The maximum Gasteiger partial charge on any atom is 0.0575 e. The molecule has 0 aromatic heterocycles. The van der Waals surface area contributed by atoms with E-state index in [4.69, 9.17) is 4.84 Å². The van der Waals surface area contributed by atoms with E-state index in [1.54, 1.807) is 7.11 Å². The highest BCUT2D eigenvalue weighted by Crippen LogP contribution is 2.23. The van der Waals surface area contributed by atoms with Crippen LogP contribution in [-0.2, 0) is 4.84 Å². The zero-order chi connectivity index (χ0) is 9.84. The Bertz CT molecular complexity index is 150. The lowest BCUT2D eigenvalue weighted by Crippen LogP contribution is -2.52. The average Bonchev–Trinajstić information content (AvgIpc) is 2.14. The topological polar surface area (TPSA) is 24.5 Å². The average molecular weight is 186 g/mol. The van der Waals surface area contributed by atoms with Crippen LogP contribution in [0.25, 0.3) is 0 Å². The summed E-state index contributed by atoms with van der Waals surface area (Å²) in [5, 5.41) is 5.61. The summed E-state index contributed by atoms with van der Waals surface area (Å²) < 4.78 is 0. The van der Waals surface area contributed by atoms with Crippen LogP contribution in [0.2, 0.25) is 0 Å². The third kappa shape index (κ3) is 2.42. The molecule has 0 radical (unpaired) electrons. The molecule has 0 bridgehead atoms. The van der Waals surface area contributed by atoms with Crippen LogP contribution in [0.1, 0.15) is 27.2 Å². The Kier molecular flexibility index (Phi) is 4.16. The Morgan fingerprint density at radius 1 is 1.46 bits per heavy atom. The minimum Gasteiger partial charge on any atom is -0.314 e. The number of piperidine rings is 1. The van der Waals surface area contributed by atoms with Gasteiger partial charge in [-0.15, -0.1) is 0 Å². The van der Waals surface area contributed by atoms with Gasteiger partial charge in [0.05, 0.1) is 7.11 Å². The van der Waals surface area contributed by atoms with Crippen LogP contribution in [0.15, 0.2) is 0 Å².